The van der Waals surface area contributed by atoms with Crippen LogP contribution in [0.25, 0.3) is 0 Å². The molecule has 0 radical (unpaired) electrons. The maximum absolute atomic E-state index is 10.7. The van der Waals surface area contributed by atoms with Crippen molar-refractivity contribution in [1.29, 1.82) is 5.26 Å². The fraction of sp³-hybridized carbons (Fsp3) is 0.286. The fourth-order valence-electron chi connectivity index (χ4n) is 0.790. The van der Waals surface area contributed by atoms with Gasteiger partial charge in [-0.3, -0.25) is 4.79 Å². The summed E-state index contributed by atoms with van der Waals surface area (Å²) in [5.41, 5.74) is 0. The number of hydrogen-bond donors (Lipinski definition) is 0. The number of hydrogen-bond acceptors (Lipinski definition) is 4. The van der Waals surface area contributed by atoms with E-state index in [4.69, 9.17) is 5.26 Å². The van der Waals surface area contributed by atoms with E-state index in [-0.39, 0.29) is 12.3 Å². The Morgan fingerprint density at radius 3 is 3.25 bits per heavy atom. The molecule has 5 heteroatoms. The van der Waals surface area contributed by atoms with Crippen molar-refractivity contribution in [2.24, 2.45) is 4.99 Å². The zero-order valence-electron chi connectivity index (χ0n) is 6.52. The van der Waals surface area contributed by atoms with Crippen LogP contribution in [0, 0.1) is 11.5 Å². The first kappa shape index (κ1) is 8.68. The number of ketones is 1. The molecule has 1 aromatic heterocycles. The lowest BCUT2D eigenvalue weighted by Crippen LogP contribution is -2.17. The quantitative estimate of drug-likeness (QED) is 0.624. The van der Waals surface area contributed by atoms with Crippen LogP contribution in [0.2, 0.25) is 0 Å². The molecule has 0 fully saturated rings. The molecule has 0 saturated carbocycles. The minimum atomic E-state index is 0.0489. The Balaban J connectivity index is 3.02. The zero-order chi connectivity index (χ0) is 8.97. The topological polar surface area (TPSA) is 58.1 Å². The standard InChI is InChI=1S/C7H7N3OS/c1-6(11)4-10-2-3-12-7(10)9-5-8/h2-3H,4H2,1H3. The average Bonchev–Trinajstić information content (AvgIpc) is 2.37. The van der Waals surface area contributed by atoms with Gasteiger partial charge in [0.1, 0.15) is 5.78 Å². The van der Waals surface area contributed by atoms with Crippen molar-refractivity contribution in [3.63, 3.8) is 0 Å². The molecule has 0 aliphatic rings. The van der Waals surface area contributed by atoms with Gasteiger partial charge >= 0.3 is 0 Å². The van der Waals surface area contributed by atoms with E-state index >= 15 is 0 Å². The van der Waals surface area contributed by atoms with Crippen molar-refractivity contribution in [2.75, 3.05) is 0 Å². The first-order valence-electron chi connectivity index (χ1n) is 3.30. The van der Waals surface area contributed by atoms with Gasteiger partial charge in [-0.1, -0.05) is 0 Å². The van der Waals surface area contributed by atoms with Crippen molar-refractivity contribution in [1.82, 2.24) is 4.57 Å². The molecule has 0 saturated heterocycles. The van der Waals surface area contributed by atoms with Crippen molar-refractivity contribution in [3.8, 4) is 6.19 Å². The predicted octanol–water partition coefficient (Wildman–Crippen LogP) is 0.520. The minimum absolute atomic E-state index is 0.0489. The van der Waals surface area contributed by atoms with Crippen LogP contribution in [0.5, 0.6) is 0 Å². The molecule has 1 heterocycles. The zero-order valence-corrected chi connectivity index (χ0v) is 7.34. The summed E-state index contributed by atoms with van der Waals surface area (Å²) in [5.74, 6) is 0.0489. The molecule has 1 rings (SSSR count). The van der Waals surface area contributed by atoms with Crippen LogP contribution < -0.4 is 4.80 Å². The van der Waals surface area contributed by atoms with Crippen LogP contribution in [0.1, 0.15) is 6.92 Å². The molecular formula is C7H7N3OS. The van der Waals surface area contributed by atoms with E-state index in [1.807, 2.05) is 0 Å². The van der Waals surface area contributed by atoms with Crippen molar-refractivity contribution in [2.45, 2.75) is 13.5 Å². The third-order valence-corrected chi connectivity index (χ3v) is 1.99. The largest absolute Gasteiger partial charge is 0.316 e. The van der Waals surface area contributed by atoms with Crippen molar-refractivity contribution in [3.05, 3.63) is 16.4 Å². The molecule has 12 heavy (non-hydrogen) atoms. The molecule has 0 aliphatic carbocycles. The van der Waals surface area contributed by atoms with Crippen LogP contribution >= 0.6 is 11.3 Å². The Labute approximate surface area is 73.4 Å². The van der Waals surface area contributed by atoms with Gasteiger partial charge in [-0.15, -0.1) is 16.3 Å². The van der Waals surface area contributed by atoms with Gasteiger partial charge < -0.3 is 4.57 Å². The molecule has 0 atom stereocenters. The van der Waals surface area contributed by atoms with Crippen LogP contribution in [0.4, 0.5) is 0 Å². The smallest absolute Gasteiger partial charge is 0.208 e. The molecule has 0 amide bonds. The summed E-state index contributed by atoms with van der Waals surface area (Å²) in [6, 6.07) is 0. The first-order chi connectivity index (χ1) is 5.74. The summed E-state index contributed by atoms with van der Waals surface area (Å²) in [7, 11) is 0. The molecule has 0 aliphatic heterocycles. The Kier molecular flexibility index (Phi) is 2.77. The third-order valence-electron chi connectivity index (χ3n) is 1.20. The van der Waals surface area contributed by atoms with E-state index in [1.165, 1.54) is 18.3 Å². The van der Waals surface area contributed by atoms with Gasteiger partial charge in [0.15, 0.2) is 0 Å². The molecular weight excluding hydrogens is 174 g/mol. The monoisotopic (exact) mass is 181 g/mol. The average molecular weight is 181 g/mol. The summed E-state index contributed by atoms with van der Waals surface area (Å²) in [6.07, 6.45) is 3.43. The Morgan fingerprint density at radius 1 is 1.92 bits per heavy atom. The van der Waals surface area contributed by atoms with Gasteiger partial charge in [-0.05, 0) is 6.92 Å². The summed E-state index contributed by atoms with van der Waals surface area (Å²) in [4.78, 5) is 14.8. The summed E-state index contributed by atoms with van der Waals surface area (Å²) in [5, 5.41) is 10.1. The van der Waals surface area contributed by atoms with Gasteiger partial charge in [0, 0.05) is 11.6 Å². The van der Waals surface area contributed by atoms with Gasteiger partial charge in [-0.2, -0.15) is 5.26 Å². The maximum atomic E-state index is 10.7. The number of nitrogens with zero attached hydrogens (tertiary/aromatic N) is 3. The number of carbonyl (C=O) groups excluding carboxylic acids is 1. The summed E-state index contributed by atoms with van der Waals surface area (Å²) < 4.78 is 1.65. The highest BCUT2D eigenvalue weighted by molar-refractivity contribution is 7.07. The highest BCUT2D eigenvalue weighted by atomic mass is 32.1. The predicted molar refractivity (Wildman–Crippen MR) is 44.2 cm³/mol. The third kappa shape index (κ3) is 2.04. The Bertz CT molecular complexity index is 382. The second kappa shape index (κ2) is 3.83. The second-order valence-electron chi connectivity index (χ2n) is 2.23. The van der Waals surface area contributed by atoms with Gasteiger partial charge in [-0.25, -0.2) is 0 Å². The molecule has 0 bridgehead atoms. The van der Waals surface area contributed by atoms with Crippen LogP contribution in [0.3, 0.4) is 0 Å². The minimum Gasteiger partial charge on any atom is -0.316 e. The number of Topliss-reactive ketones (excluding diaryl/α,β-unsaturated/α-hetero) is 1. The normalized spacial score (nSPS) is 11.2. The van der Waals surface area contributed by atoms with Crippen LogP contribution in [0.15, 0.2) is 16.6 Å². The number of aromatic nitrogens is 1. The lowest BCUT2D eigenvalue weighted by molar-refractivity contribution is -0.117. The van der Waals surface area contributed by atoms with Crippen LogP contribution in [-0.2, 0) is 11.3 Å². The highest BCUT2D eigenvalue weighted by Gasteiger charge is 1.97. The number of thiazole rings is 1. The summed E-state index contributed by atoms with van der Waals surface area (Å²) >= 11 is 1.34. The van der Waals surface area contributed by atoms with E-state index in [0.717, 1.165) is 0 Å². The second-order valence-corrected chi connectivity index (χ2v) is 3.10. The van der Waals surface area contributed by atoms with E-state index < -0.39 is 0 Å². The van der Waals surface area contributed by atoms with Gasteiger partial charge in [0.05, 0.1) is 6.54 Å². The van der Waals surface area contributed by atoms with E-state index in [9.17, 15) is 4.79 Å². The molecule has 62 valence electrons. The lowest BCUT2D eigenvalue weighted by Gasteiger charge is -1.95. The molecule has 0 aromatic carbocycles. The molecule has 1 aromatic rings. The van der Waals surface area contributed by atoms with Gasteiger partial charge in [0.25, 0.3) is 0 Å². The van der Waals surface area contributed by atoms with Crippen LogP contribution in [-0.4, -0.2) is 10.4 Å². The van der Waals surface area contributed by atoms with E-state index in [2.05, 4.69) is 4.99 Å². The molecule has 0 N–H and O–H groups in total. The maximum Gasteiger partial charge on any atom is 0.208 e. The van der Waals surface area contributed by atoms with E-state index in [1.54, 1.807) is 22.3 Å². The molecule has 0 unspecified atom stereocenters. The Morgan fingerprint density at radius 2 is 2.67 bits per heavy atom. The highest BCUT2D eigenvalue weighted by Crippen LogP contribution is 1.90. The van der Waals surface area contributed by atoms with Crippen molar-refractivity contribution >= 4 is 17.1 Å². The number of carbonyl (C=O) groups is 1. The number of rotatable bonds is 2. The molecule has 4 nitrogen and oxygen atoms in total. The lowest BCUT2D eigenvalue weighted by atomic mass is 10.4. The summed E-state index contributed by atoms with van der Waals surface area (Å²) in [6.45, 7) is 1.78. The van der Waals surface area contributed by atoms with Gasteiger partial charge in [0.2, 0.25) is 11.0 Å². The van der Waals surface area contributed by atoms with Crippen molar-refractivity contribution < 1.29 is 4.79 Å². The Hall–Kier alpha value is -1.41. The first-order valence-corrected chi connectivity index (χ1v) is 4.18. The SMILES string of the molecule is CC(=O)Cn1ccsc1=NC#N. The van der Waals surface area contributed by atoms with E-state index in [0.29, 0.717) is 4.80 Å². The fourth-order valence-corrected chi connectivity index (χ4v) is 1.47. The molecule has 0 spiro atoms. The number of nitriles is 1.